The first-order valence-corrected chi connectivity index (χ1v) is 8.02. The van der Waals surface area contributed by atoms with Crippen molar-refractivity contribution < 1.29 is 14.4 Å². The van der Waals surface area contributed by atoms with E-state index in [2.05, 4.69) is 10.3 Å². The monoisotopic (exact) mass is 370 g/mol. The minimum atomic E-state index is -0.722. The third kappa shape index (κ3) is 4.40. The molecule has 8 heteroatoms. The van der Waals surface area contributed by atoms with Crippen LogP contribution in [0.2, 0.25) is 5.02 Å². The number of carbonyl (C=O) groups is 1. The van der Waals surface area contributed by atoms with Crippen LogP contribution in [0.5, 0.6) is 5.75 Å². The molecule has 0 aliphatic carbocycles. The number of ether oxygens (including phenoxy) is 1. The van der Waals surface area contributed by atoms with E-state index >= 15 is 0 Å². The minimum absolute atomic E-state index is 0.0809. The molecule has 2 aromatic carbocycles. The van der Waals surface area contributed by atoms with Gasteiger partial charge in [0.15, 0.2) is 18.3 Å². The quantitative estimate of drug-likeness (QED) is 0.311. The van der Waals surface area contributed by atoms with Gasteiger partial charge in [0.05, 0.1) is 5.02 Å². The van der Waals surface area contributed by atoms with Crippen molar-refractivity contribution in [2.45, 2.75) is 6.73 Å². The number of para-hydroxylation sites is 1. The zero-order chi connectivity index (χ0) is 18.4. The van der Waals surface area contributed by atoms with E-state index in [1.165, 1.54) is 10.7 Å². The molecule has 0 aliphatic heterocycles. The number of hydrogen-bond donors (Lipinski definition) is 1. The highest BCUT2D eigenvalue weighted by Gasteiger charge is 2.12. The summed E-state index contributed by atoms with van der Waals surface area (Å²) in [4.78, 5) is 16.8. The lowest BCUT2D eigenvalue weighted by Gasteiger charge is -2.07. The zero-order valence-electron chi connectivity index (χ0n) is 13.6. The van der Waals surface area contributed by atoms with E-state index in [9.17, 15) is 4.79 Å². The van der Waals surface area contributed by atoms with Gasteiger partial charge < -0.3 is 15.3 Å². The summed E-state index contributed by atoms with van der Waals surface area (Å²) in [6.07, 6.45) is 1.58. The molecule has 0 spiro atoms. The van der Waals surface area contributed by atoms with Crippen LogP contribution in [0.4, 0.5) is 0 Å². The first-order chi connectivity index (χ1) is 12.6. The van der Waals surface area contributed by atoms with Crippen molar-refractivity contribution in [3.8, 4) is 5.75 Å². The molecule has 3 aromatic rings. The van der Waals surface area contributed by atoms with Crippen molar-refractivity contribution in [1.82, 2.24) is 9.78 Å². The maximum Gasteiger partial charge on any atom is 0.385 e. The highest BCUT2D eigenvalue weighted by molar-refractivity contribution is 6.32. The molecule has 0 fully saturated rings. The molecule has 26 heavy (non-hydrogen) atoms. The highest BCUT2D eigenvalue weighted by Crippen LogP contribution is 2.23. The van der Waals surface area contributed by atoms with Gasteiger partial charge in [-0.2, -0.15) is 5.10 Å². The fourth-order valence-electron chi connectivity index (χ4n) is 2.04. The van der Waals surface area contributed by atoms with Crippen molar-refractivity contribution in [2.75, 3.05) is 0 Å². The van der Waals surface area contributed by atoms with Gasteiger partial charge >= 0.3 is 5.97 Å². The number of carbonyl (C=O) groups excluding carboxylic acids is 1. The second-order valence-electron chi connectivity index (χ2n) is 5.17. The van der Waals surface area contributed by atoms with Gasteiger partial charge in [0.25, 0.3) is 0 Å². The molecule has 2 N–H and O–H groups in total. The molecule has 1 heterocycles. The van der Waals surface area contributed by atoms with Gasteiger partial charge in [-0.3, -0.25) is 0 Å². The summed E-state index contributed by atoms with van der Waals surface area (Å²) in [7, 11) is 0. The van der Waals surface area contributed by atoms with Crippen LogP contribution in [0.3, 0.4) is 0 Å². The minimum Gasteiger partial charge on any atom is -0.470 e. The fraction of sp³-hybridized carbons (Fsp3) is 0.0556. The smallest absolute Gasteiger partial charge is 0.385 e. The number of hydrogen-bond acceptors (Lipinski definition) is 5. The van der Waals surface area contributed by atoms with Crippen molar-refractivity contribution in [1.29, 1.82) is 0 Å². The zero-order valence-corrected chi connectivity index (χ0v) is 14.3. The molecular weight excluding hydrogens is 356 g/mol. The standard InChI is InChI=1S/C18H15ClN4O3/c19-14-8-4-5-9-16(14)25-12-23-11-10-15(21-23)18(24)26-22-17(20)13-6-2-1-3-7-13/h1-11H,12H2,(H2,20,22). The number of oxime groups is 1. The van der Waals surface area contributed by atoms with Crippen molar-refractivity contribution in [3.63, 3.8) is 0 Å². The number of halogens is 1. The van der Waals surface area contributed by atoms with E-state index in [1.807, 2.05) is 12.1 Å². The second kappa shape index (κ2) is 8.17. The molecular formula is C18H15ClN4O3. The van der Waals surface area contributed by atoms with Gasteiger partial charge in [-0.25, -0.2) is 9.48 Å². The summed E-state index contributed by atoms with van der Waals surface area (Å²) in [5.41, 5.74) is 6.50. The maximum absolute atomic E-state index is 12.0. The van der Waals surface area contributed by atoms with Crippen LogP contribution in [0.15, 0.2) is 72.0 Å². The van der Waals surface area contributed by atoms with Gasteiger partial charge in [-0.1, -0.05) is 59.2 Å². The van der Waals surface area contributed by atoms with Gasteiger partial charge in [0.2, 0.25) is 0 Å². The molecule has 132 valence electrons. The van der Waals surface area contributed by atoms with Crippen LogP contribution in [-0.4, -0.2) is 21.6 Å². The number of amidine groups is 1. The van der Waals surface area contributed by atoms with Crippen molar-refractivity contribution in [2.24, 2.45) is 10.9 Å². The molecule has 0 amide bonds. The molecule has 0 bridgehead atoms. The molecule has 0 unspecified atom stereocenters. The topological polar surface area (TPSA) is 91.7 Å². The third-order valence-electron chi connectivity index (χ3n) is 3.34. The van der Waals surface area contributed by atoms with Crippen LogP contribution < -0.4 is 10.5 Å². The van der Waals surface area contributed by atoms with Crippen LogP contribution in [0.25, 0.3) is 0 Å². The van der Waals surface area contributed by atoms with E-state index in [0.717, 1.165) is 0 Å². The first-order valence-electron chi connectivity index (χ1n) is 7.64. The molecule has 0 aliphatic rings. The van der Waals surface area contributed by atoms with E-state index in [0.29, 0.717) is 16.3 Å². The summed E-state index contributed by atoms with van der Waals surface area (Å²) in [5, 5.41) is 8.19. The highest BCUT2D eigenvalue weighted by atomic mass is 35.5. The second-order valence-corrected chi connectivity index (χ2v) is 5.57. The Labute approximate surface area is 154 Å². The lowest BCUT2D eigenvalue weighted by molar-refractivity contribution is 0.0507. The van der Waals surface area contributed by atoms with Crippen molar-refractivity contribution >= 4 is 23.4 Å². The molecule has 0 radical (unpaired) electrons. The summed E-state index contributed by atoms with van der Waals surface area (Å²) in [6.45, 7) is 0.0897. The molecule has 0 saturated heterocycles. The van der Waals surface area contributed by atoms with Gasteiger partial charge in [0.1, 0.15) is 5.75 Å². The average molecular weight is 371 g/mol. The van der Waals surface area contributed by atoms with E-state index in [1.54, 1.807) is 48.7 Å². The number of aromatic nitrogens is 2. The number of benzene rings is 2. The predicted octanol–water partition coefficient (Wildman–Crippen LogP) is 3.05. The Morgan fingerprint density at radius 2 is 1.85 bits per heavy atom. The lowest BCUT2D eigenvalue weighted by atomic mass is 10.2. The number of nitrogens with two attached hydrogens (primary N) is 1. The molecule has 0 atom stereocenters. The Morgan fingerprint density at radius 1 is 1.12 bits per heavy atom. The Morgan fingerprint density at radius 3 is 2.62 bits per heavy atom. The number of rotatable bonds is 6. The fourth-order valence-corrected chi connectivity index (χ4v) is 2.23. The Kier molecular flexibility index (Phi) is 5.50. The molecule has 0 saturated carbocycles. The Hall–Kier alpha value is -3.32. The maximum atomic E-state index is 12.0. The average Bonchev–Trinajstić information content (AvgIpc) is 3.15. The van der Waals surface area contributed by atoms with E-state index < -0.39 is 5.97 Å². The van der Waals surface area contributed by atoms with E-state index in [4.69, 9.17) is 26.9 Å². The predicted molar refractivity (Wildman–Crippen MR) is 96.9 cm³/mol. The SMILES string of the molecule is N/C(=N\OC(=O)c1ccn(COc2ccccc2Cl)n1)c1ccccc1. The largest absolute Gasteiger partial charge is 0.470 e. The summed E-state index contributed by atoms with van der Waals surface area (Å²) in [5.74, 6) is -0.102. The van der Waals surface area contributed by atoms with Crippen LogP contribution >= 0.6 is 11.6 Å². The van der Waals surface area contributed by atoms with Gasteiger partial charge in [0, 0.05) is 11.8 Å². The van der Waals surface area contributed by atoms with Gasteiger partial charge in [-0.15, -0.1) is 0 Å². The number of nitrogens with zero attached hydrogens (tertiary/aromatic N) is 3. The van der Waals surface area contributed by atoms with Gasteiger partial charge in [-0.05, 0) is 18.2 Å². The van der Waals surface area contributed by atoms with E-state index in [-0.39, 0.29) is 18.3 Å². The third-order valence-corrected chi connectivity index (χ3v) is 3.65. The summed E-state index contributed by atoms with van der Waals surface area (Å²) < 4.78 is 6.98. The first kappa shape index (κ1) is 17.5. The molecule has 7 nitrogen and oxygen atoms in total. The van der Waals surface area contributed by atoms with Crippen LogP contribution in [0.1, 0.15) is 16.1 Å². The summed E-state index contributed by atoms with van der Waals surface area (Å²) in [6, 6.07) is 17.5. The summed E-state index contributed by atoms with van der Waals surface area (Å²) >= 11 is 6.01. The normalized spacial score (nSPS) is 11.2. The molecule has 3 rings (SSSR count). The lowest BCUT2D eigenvalue weighted by Crippen LogP contribution is -2.15. The molecule has 1 aromatic heterocycles. The van der Waals surface area contributed by atoms with Crippen LogP contribution in [0, 0.1) is 0 Å². The Balaban J connectivity index is 1.59. The van der Waals surface area contributed by atoms with Crippen LogP contribution in [-0.2, 0) is 11.6 Å². The van der Waals surface area contributed by atoms with Crippen molar-refractivity contribution in [3.05, 3.63) is 83.1 Å². The Bertz CT molecular complexity index is 925.